The fraction of sp³-hybridized carbons (Fsp3) is 0.0588. The molecule has 0 fully saturated rings. The number of ether oxygens (including phenoxy) is 1. The minimum absolute atomic E-state index is 0.0804. The van der Waals surface area contributed by atoms with Crippen molar-refractivity contribution < 1.29 is 13.2 Å². The largest absolute Gasteiger partial charge is 0.495 e. The molecule has 0 radical (unpaired) electrons. The Balaban J connectivity index is 2.03. The van der Waals surface area contributed by atoms with E-state index in [1.54, 1.807) is 25.3 Å². The monoisotopic (exact) mass is 362 g/mol. The topological polar surface area (TPSA) is 74.3 Å². The number of primary sulfonamides is 1. The summed E-state index contributed by atoms with van der Waals surface area (Å²) in [4.78, 5) is 0.0804. The van der Waals surface area contributed by atoms with Gasteiger partial charge in [0.05, 0.1) is 22.7 Å². The third kappa shape index (κ3) is 3.17. The van der Waals surface area contributed by atoms with Gasteiger partial charge in [-0.1, -0.05) is 23.7 Å². The van der Waals surface area contributed by atoms with Gasteiger partial charge in [0, 0.05) is 11.9 Å². The van der Waals surface area contributed by atoms with Gasteiger partial charge in [0.15, 0.2) is 0 Å². The Bertz CT molecular complexity index is 979. The maximum absolute atomic E-state index is 11.4. The van der Waals surface area contributed by atoms with Crippen molar-refractivity contribution in [3.05, 3.63) is 65.8 Å². The van der Waals surface area contributed by atoms with E-state index < -0.39 is 10.0 Å². The molecule has 24 heavy (non-hydrogen) atoms. The predicted octanol–water partition coefficient (Wildman–Crippen LogP) is 3.45. The van der Waals surface area contributed by atoms with Crippen molar-refractivity contribution in [3.63, 3.8) is 0 Å². The second-order valence-electron chi connectivity index (χ2n) is 5.15. The molecule has 0 saturated carbocycles. The van der Waals surface area contributed by atoms with Crippen LogP contribution in [0.25, 0.3) is 16.9 Å². The van der Waals surface area contributed by atoms with Gasteiger partial charge in [0.2, 0.25) is 10.0 Å². The molecule has 0 atom stereocenters. The lowest BCUT2D eigenvalue weighted by Crippen LogP contribution is -2.11. The van der Waals surface area contributed by atoms with Gasteiger partial charge >= 0.3 is 0 Å². The highest BCUT2D eigenvalue weighted by Gasteiger charge is 2.11. The molecule has 0 saturated heterocycles. The molecule has 3 aromatic rings. The normalized spacial score (nSPS) is 11.5. The molecule has 2 N–H and O–H groups in total. The molecule has 0 aliphatic rings. The zero-order valence-corrected chi connectivity index (χ0v) is 14.4. The summed E-state index contributed by atoms with van der Waals surface area (Å²) in [6, 6.07) is 15.8. The highest BCUT2D eigenvalue weighted by atomic mass is 35.5. The van der Waals surface area contributed by atoms with Crippen LogP contribution in [0.2, 0.25) is 5.02 Å². The van der Waals surface area contributed by atoms with Gasteiger partial charge in [0.25, 0.3) is 0 Å². The molecular weight excluding hydrogens is 348 g/mol. The van der Waals surface area contributed by atoms with E-state index in [0.29, 0.717) is 10.8 Å². The van der Waals surface area contributed by atoms with Crippen molar-refractivity contribution in [3.8, 4) is 22.7 Å². The first-order chi connectivity index (χ1) is 11.4. The van der Waals surface area contributed by atoms with Crippen molar-refractivity contribution >= 4 is 21.6 Å². The fourth-order valence-corrected chi connectivity index (χ4v) is 3.23. The second kappa shape index (κ2) is 6.32. The number of nitrogens with zero attached hydrogens (tertiary/aromatic N) is 1. The van der Waals surface area contributed by atoms with Crippen LogP contribution in [0.5, 0.6) is 5.75 Å². The number of sulfonamides is 1. The molecule has 1 heterocycles. The van der Waals surface area contributed by atoms with Gasteiger partial charge in [-0.25, -0.2) is 13.6 Å². The Morgan fingerprint density at radius 2 is 1.79 bits per heavy atom. The lowest BCUT2D eigenvalue weighted by Gasteiger charge is -2.12. The predicted molar refractivity (Wildman–Crippen MR) is 94.1 cm³/mol. The van der Waals surface area contributed by atoms with Crippen molar-refractivity contribution in [2.24, 2.45) is 5.14 Å². The number of benzene rings is 2. The molecule has 0 bridgehead atoms. The first kappa shape index (κ1) is 16.6. The SMILES string of the molecule is COc1ccc(-n2cccc2-c2ccc(S(N)(=O)=O)cc2)cc1Cl. The van der Waals surface area contributed by atoms with E-state index in [-0.39, 0.29) is 4.90 Å². The first-order valence-corrected chi connectivity index (χ1v) is 8.97. The quantitative estimate of drug-likeness (QED) is 0.772. The van der Waals surface area contributed by atoms with Gasteiger partial charge in [-0.2, -0.15) is 0 Å². The summed E-state index contributed by atoms with van der Waals surface area (Å²) in [5.41, 5.74) is 2.63. The number of hydrogen-bond donors (Lipinski definition) is 1. The molecule has 0 unspecified atom stereocenters. The number of nitrogens with two attached hydrogens (primary N) is 1. The molecule has 7 heteroatoms. The molecule has 0 amide bonds. The van der Waals surface area contributed by atoms with Crippen molar-refractivity contribution in [2.45, 2.75) is 4.90 Å². The third-order valence-electron chi connectivity index (χ3n) is 3.64. The van der Waals surface area contributed by atoms with E-state index in [9.17, 15) is 8.42 Å². The van der Waals surface area contributed by atoms with Crippen molar-refractivity contribution in [1.29, 1.82) is 0 Å². The smallest absolute Gasteiger partial charge is 0.238 e. The van der Waals surface area contributed by atoms with Crippen LogP contribution in [0.3, 0.4) is 0 Å². The standard InChI is InChI=1S/C17H15ClN2O3S/c1-23-17-9-6-13(11-15(17)18)20-10-2-3-16(20)12-4-7-14(8-5-12)24(19,21)22/h2-11H,1H3,(H2,19,21,22). The Morgan fingerprint density at radius 1 is 1.08 bits per heavy atom. The van der Waals surface area contributed by atoms with Gasteiger partial charge < -0.3 is 9.30 Å². The number of rotatable bonds is 4. The van der Waals surface area contributed by atoms with Crippen LogP contribution in [-0.2, 0) is 10.0 Å². The van der Waals surface area contributed by atoms with Crippen LogP contribution in [0.1, 0.15) is 0 Å². The molecule has 0 aliphatic carbocycles. The fourth-order valence-electron chi connectivity index (χ4n) is 2.46. The highest BCUT2D eigenvalue weighted by Crippen LogP contribution is 2.30. The van der Waals surface area contributed by atoms with E-state index in [4.69, 9.17) is 21.5 Å². The zero-order chi connectivity index (χ0) is 17.3. The Morgan fingerprint density at radius 3 is 2.38 bits per heavy atom. The molecule has 2 aromatic carbocycles. The van der Waals surface area contributed by atoms with E-state index in [0.717, 1.165) is 16.9 Å². The van der Waals surface area contributed by atoms with Crippen LogP contribution in [0, 0.1) is 0 Å². The molecule has 3 rings (SSSR count). The lowest BCUT2D eigenvalue weighted by molar-refractivity contribution is 0.415. The minimum atomic E-state index is -3.70. The molecule has 124 valence electrons. The number of halogens is 1. The highest BCUT2D eigenvalue weighted by molar-refractivity contribution is 7.89. The third-order valence-corrected chi connectivity index (χ3v) is 4.87. The zero-order valence-electron chi connectivity index (χ0n) is 12.8. The maximum atomic E-state index is 11.4. The van der Waals surface area contributed by atoms with Crippen LogP contribution >= 0.6 is 11.6 Å². The Labute approximate surface area is 145 Å². The summed E-state index contributed by atoms with van der Waals surface area (Å²) in [5, 5.41) is 5.64. The van der Waals surface area contributed by atoms with Gasteiger partial charge in [0.1, 0.15) is 5.75 Å². The molecular formula is C17H15ClN2O3S. The number of hydrogen-bond acceptors (Lipinski definition) is 3. The van der Waals surface area contributed by atoms with Crippen molar-refractivity contribution in [2.75, 3.05) is 7.11 Å². The lowest BCUT2D eigenvalue weighted by atomic mass is 10.1. The molecule has 0 aliphatic heterocycles. The number of methoxy groups -OCH3 is 1. The average molecular weight is 363 g/mol. The van der Waals surface area contributed by atoms with Crippen LogP contribution < -0.4 is 9.88 Å². The van der Waals surface area contributed by atoms with Gasteiger partial charge in [-0.3, -0.25) is 0 Å². The van der Waals surface area contributed by atoms with E-state index in [1.807, 2.05) is 35.0 Å². The second-order valence-corrected chi connectivity index (χ2v) is 7.12. The summed E-state index contributed by atoms with van der Waals surface area (Å²) in [6.45, 7) is 0. The van der Waals surface area contributed by atoms with Crippen LogP contribution in [0.4, 0.5) is 0 Å². The van der Waals surface area contributed by atoms with Gasteiger partial charge in [-0.05, 0) is 48.0 Å². The summed E-state index contributed by atoms with van der Waals surface area (Å²) in [7, 11) is -2.14. The minimum Gasteiger partial charge on any atom is -0.495 e. The van der Waals surface area contributed by atoms with Crippen LogP contribution in [0.15, 0.2) is 65.7 Å². The number of aromatic nitrogens is 1. The molecule has 0 spiro atoms. The van der Waals surface area contributed by atoms with Gasteiger partial charge in [-0.15, -0.1) is 0 Å². The average Bonchev–Trinajstić information content (AvgIpc) is 3.03. The molecule has 5 nitrogen and oxygen atoms in total. The Kier molecular flexibility index (Phi) is 4.36. The van der Waals surface area contributed by atoms with E-state index in [2.05, 4.69) is 0 Å². The Hall–Kier alpha value is -2.28. The van der Waals surface area contributed by atoms with Crippen LogP contribution in [-0.4, -0.2) is 20.1 Å². The molecule has 1 aromatic heterocycles. The summed E-state index contributed by atoms with van der Waals surface area (Å²) >= 11 is 6.20. The maximum Gasteiger partial charge on any atom is 0.238 e. The first-order valence-electron chi connectivity index (χ1n) is 7.04. The summed E-state index contributed by atoms with van der Waals surface area (Å²) in [5.74, 6) is 0.603. The van der Waals surface area contributed by atoms with E-state index >= 15 is 0 Å². The summed E-state index contributed by atoms with van der Waals surface area (Å²) in [6.07, 6.45) is 1.90. The summed E-state index contributed by atoms with van der Waals surface area (Å²) < 4.78 is 29.8. The van der Waals surface area contributed by atoms with Crippen molar-refractivity contribution in [1.82, 2.24) is 4.57 Å². The van der Waals surface area contributed by atoms with E-state index in [1.165, 1.54) is 12.1 Å².